The number of hydrogen-bond acceptors (Lipinski definition) is 2. The van der Waals surface area contributed by atoms with Crippen molar-refractivity contribution in [3.63, 3.8) is 0 Å². The van der Waals surface area contributed by atoms with E-state index < -0.39 is 5.41 Å². The predicted octanol–water partition coefficient (Wildman–Crippen LogP) is 3.47. The molecular formula is C19H26N2O2. The quantitative estimate of drug-likeness (QED) is 0.836. The highest BCUT2D eigenvalue weighted by atomic mass is 16.2. The highest BCUT2D eigenvalue weighted by Gasteiger charge is 2.56. The molecule has 0 aromatic heterocycles. The molecule has 2 fully saturated rings. The minimum absolute atomic E-state index is 0.0780. The molecule has 2 amide bonds. The number of nitrogens with one attached hydrogen (secondary N) is 2. The number of benzene rings is 1. The average molecular weight is 314 g/mol. The summed E-state index contributed by atoms with van der Waals surface area (Å²) in [6.07, 6.45) is 7.00. The third-order valence-corrected chi connectivity index (χ3v) is 5.32. The Bertz CT molecular complexity index is 614. The molecule has 0 bridgehead atoms. The first-order chi connectivity index (χ1) is 11.0. The van der Waals surface area contributed by atoms with Crippen LogP contribution in [0.25, 0.3) is 0 Å². The number of anilines is 1. The van der Waals surface area contributed by atoms with Crippen molar-refractivity contribution in [2.24, 2.45) is 5.41 Å². The van der Waals surface area contributed by atoms with Gasteiger partial charge in [-0.2, -0.15) is 0 Å². The zero-order valence-electron chi connectivity index (χ0n) is 14.1. The Balaban J connectivity index is 1.63. The van der Waals surface area contributed by atoms with E-state index >= 15 is 0 Å². The van der Waals surface area contributed by atoms with Crippen LogP contribution in [0.4, 0.5) is 5.69 Å². The van der Waals surface area contributed by atoms with E-state index in [-0.39, 0.29) is 17.9 Å². The smallest absolute Gasteiger partial charge is 0.240 e. The number of carbonyl (C=O) groups is 2. The van der Waals surface area contributed by atoms with Crippen LogP contribution in [-0.4, -0.2) is 17.9 Å². The highest BCUT2D eigenvalue weighted by molar-refractivity contribution is 6.13. The Morgan fingerprint density at radius 1 is 1.00 bits per heavy atom. The van der Waals surface area contributed by atoms with E-state index in [2.05, 4.69) is 10.6 Å². The third-order valence-electron chi connectivity index (χ3n) is 5.32. The normalized spacial score (nSPS) is 19.9. The first-order valence-electron chi connectivity index (χ1n) is 8.71. The fraction of sp³-hybridized carbons (Fsp3) is 0.579. The van der Waals surface area contributed by atoms with Crippen LogP contribution in [0.15, 0.2) is 18.2 Å². The molecule has 2 aliphatic carbocycles. The number of rotatable bonds is 4. The van der Waals surface area contributed by atoms with Gasteiger partial charge in [0.2, 0.25) is 11.8 Å². The second-order valence-corrected chi connectivity index (χ2v) is 7.14. The summed E-state index contributed by atoms with van der Waals surface area (Å²) in [4.78, 5) is 25.2. The van der Waals surface area contributed by atoms with Crippen molar-refractivity contribution >= 4 is 17.5 Å². The minimum atomic E-state index is -0.837. The molecule has 124 valence electrons. The second kappa shape index (κ2) is 6.34. The van der Waals surface area contributed by atoms with Gasteiger partial charge in [0.25, 0.3) is 0 Å². The van der Waals surface area contributed by atoms with Crippen molar-refractivity contribution < 1.29 is 9.59 Å². The molecule has 0 atom stereocenters. The van der Waals surface area contributed by atoms with Gasteiger partial charge in [0.05, 0.1) is 0 Å². The third kappa shape index (κ3) is 3.41. The maximum atomic E-state index is 12.6. The standard InChI is InChI=1S/C19H26N2O2/c1-13-8-9-16(12-14(13)2)21-18(23)19(10-11-19)17(22)20-15-6-4-3-5-7-15/h8-9,12,15H,3-7,10-11H2,1-2H3,(H,20,22)(H,21,23). The molecule has 1 aromatic carbocycles. The van der Waals surface area contributed by atoms with Crippen molar-refractivity contribution in [3.05, 3.63) is 29.3 Å². The summed E-state index contributed by atoms with van der Waals surface area (Å²) in [6, 6.07) is 6.10. The van der Waals surface area contributed by atoms with E-state index in [1.54, 1.807) is 0 Å². The van der Waals surface area contributed by atoms with E-state index in [0.717, 1.165) is 24.1 Å². The van der Waals surface area contributed by atoms with Gasteiger partial charge in [0.15, 0.2) is 0 Å². The molecule has 0 saturated heterocycles. The maximum absolute atomic E-state index is 12.6. The van der Waals surface area contributed by atoms with Gasteiger partial charge in [-0.15, -0.1) is 0 Å². The van der Waals surface area contributed by atoms with Gasteiger partial charge < -0.3 is 10.6 Å². The van der Waals surface area contributed by atoms with E-state index in [9.17, 15) is 9.59 Å². The fourth-order valence-electron chi connectivity index (χ4n) is 3.32. The Hall–Kier alpha value is -1.84. The molecule has 0 aliphatic heterocycles. The lowest BCUT2D eigenvalue weighted by molar-refractivity contribution is -0.135. The first kappa shape index (κ1) is 16.0. The molecule has 0 spiro atoms. The lowest BCUT2D eigenvalue weighted by atomic mass is 9.94. The predicted molar refractivity (Wildman–Crippen MR) is 91.2 cm³/mol. The molecule has 3 rings (SSSR count). The molecule has 0 unspecified atom stereocenters. The van der Waals surface area contributed by atoms with Crippen LogP contribution < -0.4 is 10.6 Å². The summed E-state index contributed by atoms with van der Waals surface area (Å²) < 4.78 is 0. The van der Waals surface area contributed by atoms with Gasteiger partial charge in [-0.25, -0.2) is 0 Å². The fourth-order valence-corrected chi connectivity index (χ4v) is 3.32. The Morgan fingerprint density at radius 2 is 1.70 bits per heavy atom. The lowest BCUT2D eigenvalue weighted by Gasteiger charge is -2.25. The summed E-state index contributed by atoms with van der Waals surface area (Å²) in [5.74, 6) is -0.236. The van der Waals surface area contributed by atoms with E-state index in [1.807, 2.05) is 32.0 Å². The van der Waals surface area contributed by atoms with E-state index in [0.29, 0.717) is 12.8 Å². The molecule has 2 N–H and O–H groups in total. The van der Waals surface area contributed by atoms with Crippen molar-refractivity contribution in [1.82, 2.24) is 5.32 Å². The number of amides is 2. The molecular weight excluding hydrogens is 288 g/mol. The second-order valence-electron chi connectivity index (χ2n) is 7.14. The van der Waals surface area contributed by atoms with Gasteiger partial charge in [0, 0.05) is 11.7 Å². The molecule has 0 radical (unpaired) electrons. The molecule has 2 saturated carbocycles. The highest BCUT2D eigenvalue weighted by Crippen LogP contribution is 2.47. The Kier molecular flexibility index (Phi) is 4.42. The van der Waals surface area contributed by atoms with Gasteiger partial charge in [-0.05, 0) is 62.8 Å². The average Bonchev–Trinajstić information content (AvgIpc) is 3.34. The van der Waals surface area contributed by atoms with Crippen molar-refractivity contribution in [3.8, 4) is 0 Å². The van der Waals surface area contributed by atoms with Gasteiger partial charge in [-0.1, -0.05) is 25.3 Å². The van der Waals surface area contributed by atoms with Gasteiger partial charge >= 0.3 is 0 Å². The minimum Gasteiger partial charge on any atom is -0.352 e. The molecule has 23 heavy (non-hydrogen) atoms. The molecule has 4 nitrogen and oxygen atoms in total. The summed E-state index contributed by atoms with van der Waals surface area (Å²) in [6.45, 7) is 4.06. The molecule has 0 heterocycles. The number of aryl methyl sites for hydroxylation is 2. The van der Waals surface area contributed by atoms with E-state index in [1.165, 1.54) is 24.8 Å². The van der Waals surface area contributed by atoms with Crippen LogP contribution >= 0.6 is 0 Å². The van der Waals surface area contributed by atoms with Crippen molar-refractivity contribution in [2.45, 2.75) is 64.8 Å². The van der Waals surface area contributed by atoms with Crippen LogP contribution in [0.1, 0.15) is 56.1 Å². The van der Waals surface area contributed by atoms with Gasteiger partial charge in [0.1, 0.15) is 5.41 Å². The zero-order valence-corrected chi connectivity index (χ0v) is 14.1. The summed E-state index contributed by atoms with van der Waals surface area (Å²) >= 11 is 0. The zero-order chi connectivity index (χ0) is 16.4. The van der Waals surface area contributed by atoms with Crippen LogP contribution in [0.3, 0.4) is 0 Å². The largest absolute Gasteiger partial charge is 0.352 e. The Morgan fingerprint density at radius 3 is 2.30 bits per heavy atom. The molecule has 1 aromatic rings. The SMILES string of the molecule is Cc1ccc(NC(=O)C2(C(=O)NC3CCCCC3)CC2)cc1C. The van der Waals surface area contributed by atoms with Gasteiger partial charge in [-0.3, -0.25) is 9.59 Å². The van der Waals surface area contributed by atoms with E-state index in [4.69, 9.17) is 0 Å². The van der Waals surface area contributed by atoms with Crippen molar-refractivity contribution in [1.29, 1.82) is 0 Å². The number of hydrogen-bond donors (Lipinski definition) is 2. The maximum Gasteiger partial charge on any atom is 0.240 e. The van der Waals surface area contributed by atoms with Crippen LogP contribution in [0, 0.1) is 19.3 Å². The topological polar surface area (TPSA) is 58.2 Å². The summed E-state index contributed by atoms with van der Waals surface area (Å²) in [5, 5.41) is 6.04. The lowest BCUT2D eigenvalue weighted by Crippen LogP contribution is -2.45. The first-order valence-corrected chi connectivity index (χ1v) is 8.71. The number of carbonyl (C=O) groups excluding carboxylic acids is 2. The van der Waals surface area contributed by atoms with Crippen molar-refractivity contribution in [2.75, 3.05) is 5.32 Å². The van der Waals surface area contributed by atoms with Crippen LogP contribution in [0.5, 0.6) is 0 Å². The van der Waals surface area contributed by atoms with Crippen LogP contribution in [-0.2, 0) is 9.59 Å². The summed E-state index contributed by atoms with van der Waals surface area (Å²) in [5.41, 5.74) is 2.27. The van der Waals surface area contributed by atoms with Crippen LogP contribution in [0.2, 0.25) is 0 Å². The monoisotopic (exact) mass is 314 g/mol. The molecule has 2 aliphatic rings. The summed E-state index contributed by atoms with van der Waals surface area (Å²) in [7, 11) is 0. The molecule has 4 heteroatoms. The Labute approximate surface area is 138 Å².